The molecule has 0 aliphatic carbocycles. The van der Waals surface area contributed by atoms with E-state index >= 15 is 0 Å². The lowest BCUT2D eigenvalue weighted by Gasteiger charge is -2.16. The highest BCUT2D eigenvalue weighted by atomic mass is 16.5. The average Bonchev–Trinajstić information content (AvgIpc) is 3.23. The van der Waals surface area contributed by atoms with Gasteiger partial charge in [0.1, 0.15) is 11.4 Å². The fourth-order valence-corrected chi connectivity index (χ4v) is 3.67. The third kappa shape index (κ3) is 2.96. The average molecular weight is 336 g/mol. The van der Waals surface area contributed by atoms with E-state index in [0.717, 1.165) is 53.5 Å². The van der Waals surface area contributed by atoms with Crippen molar-refractivity contribution in [3.8, 4) is 17.0 Å². The minimum atomic E-state index is 0.755. The largest absolute Gasteiger partial charge is 0.496 e. The molecule has 2 aromatic heterocycles. The first-order valence-corrected chi connectivity index (χ1v) is 8.79. The predicted octanol–water partition coefficient (Wildman–Crippen LogP) is 3.50. The van der Waals surface area contributed by atoms with Gasteiger partial charge in [0.25, 0.3) is 0 Å². The quantitative estimate of drug-likeness (QED) is 0.792. The van der Waals surface area contributed by atoms with Crippen LogP contribution in [-0.4, -0.2) is 34.5 Å². The van der Waals surface area contributed by atoms with E-state index in [-0.39, 0.29) is 0 Å². The molecule has 1 aliphatic rings. The van der Waals surface area contributed by atoms with Gasteiger partial charge in [-0.25, -0.2) is 4.98 Å². The molecule has 5 heteroatoms. The van der Waals surface area contributed by atoms with Gasteiger partial charge in [-0.15, -0.1) is 0 Å². The molecular formula is C20H24N4O. The number of ether oxygens (including phenoxy) is 1. The normalized spacial score (nSPS) is 15.1. The summed E-state index contributed by atoms with van der Waals surface area (Å²) in [6.45, 7) is 5.26. The van der Waals surface area contributed by atoms with E-state index in [0.29, 0.717) is 0 Å². The third-order valence-corrected chi connectivity index (χ3v) is 4.98. The molecule has 3 heterocycles. The van der Waals surface area contributed by atoms with Crippen LogP contribution in [0.1, 0.15) is 24.1 Å². The lowest BCUT2D eigenvalue weighted by atomic mass is 10.1. The summed E-state index contributed by atoms with van der Waals surface area (Å²) in [6, 6.07) is 10.2. The number of aromatic nitrogens is 2. The molecule has 1 saturated heterocycles. The maximum Gasteiger partial charge on any atom is 0.137 e. The number of rotatable bonds is 4. The van der Waals surface area contributed by atoms with Gasteiger partial charge < -0.3 is 14.9 Å². The molecule has 0 radical (unpaired) electrons. The number of nitrogen functional groups attached to an aromatic ring is 1. The van der Waals surface area contributed by atoms with E-state index in [9.17, 15) is 0 Å². The van der Waals surface area contributed by atoms with Gasteiger partial charge >= 0.3 is 0 Å². The number of imidazole rings is 1. The van der Waals surface area contributed by atoms with E-state index < -0.39 is 0 Å². The second-order valence-electron chi connectivity index (χ2n) is 6.77. The Balaban J connectivity index is 1.85. The Labute approximate surface area is 148 Å². The van der Waals surface area contributed by atoms with Gasteiger partial charge in [0, 0.05) is 24.0 Å². The Kier molecular flexibility index (Phi) is 4.09. The molecular weight excluding hydrogens is 312 g/mol. The molecule has 2 N–H and O–H groups in total. The SMILES string of the molecule is COc1ccc(-c2nc3ccc(N)cn3c2CN2CCCC2)cc1C. The number of benzene rings is 1. The van der Waals surface area contributed by atoms with Crippen molar-refractivity contribution in [3.63, 3.8) is 0 Å². The zero-order valence-electron chi connectivity index (χ0n) is 14.8. The first-order chi connectivity index (χ1) is 12.2. The molecule has 0 amide bonds. The lowest BCUT2D eigenvalue weighted by Crippen LogP contribution is -2.20. The fourth-order valence-electron chi connectivity index (χ4n) is 3.67. The maximum atomic E-state index is 6.03. The van der Waals surface area contributed by atoms with Gasteiger partial charge in [-0.05, 0) is 68.8 Å². The van der Waals surface area contributed by atoms with Gasteiger partial charge in [0.05, 0.1) is 18.5 Å². The van der Waals surface area contributed by atoms with Crippen molar-refractivity contribution < 1.29 is 4.74 Å². The topological polar surface area (TPSA) is 55.8 Å². The zero-order valence-corrected chi connectivity index (χ0v) is 14.8. The number of methoxy groups -OCH3 is 1. The van der Waals surface area contributed by atoms with Crippen LogP contribution < -0.4 is 10.5 Å². The first-order valence-electron chi connectivity index (χ1n) is 8.79. The van der Waals surface area contributed by atoms with E-state index in [1.807, 2.05) is 24.4 Å². The van der Waals surface area contributed by atoms with E-state index in [1.165, 1.54) is 18.5 Å². The Morgan fingerprint density at radius 3 is 2.68 bits per heavy atom. The summed E-state index contributed by atoms with van der Waals surface area (Å²) in [4.78, 5) is 7.40. The molecule has 130 valence electrons. The number of fused-ring (bicyclic) bond motifs is 1. The van der Waals surface area contributed by atoms with Crippen LogP contribution in [0.4, 0.5) is 5.69 Å². The second-order valence-corrected chi connectivity index (χ2v) is 6.77. The summed E-state index contributed by atoms with van der Waals surface area (Å²) < 4.78 is 7.54. The summed E-state index contributed by atoms with van der Waals surface area (Å²) >= 11 is 0. The molecule has 4 rings (SSSR count). The van der Waals surface area contributed by atoms with Crippen LogP contribution in [0, 0.1) is 6.92 Å². The Morgan fingerprint density at radius 2 is 1.96 bits per heavy atom. The second kappa shape index (κ2) is 6.41. The number of hydrogen-bond acceptors (Lipinski definition) is 4. The van der Waals surface area contributed by atoms with Crippen LogP contribution in [-0.2, 0) is 6.54 Å². The van der Waals surface area contributed by atoms with Crippen molar-refractivity contribution in [2.45, 2.75) is 26.3 Å². The van der Waals surface area contributed by atoms with Crippen LogP contribution in [0.5, 0.6) is 5.75 Å². The van der Waals surface area contributed by atoms with Crippen LogP contribution in [0.3, 0.4) is 0 Å². The number of likely N-dealkylation sites (tertiary alicyclic amines) is 1. The summed E-state index contributed by atoms with van der Waals surface area (Å²) in [5.41, 5.74) is 12.2. The monoisotopic (exact) mass is 336 g/mol. The number of nitrogens with zero attached hydrogens (tertiary/aromatic N) is 3. The summed E-state index contributed by atoms with van der Waals surface area (Å²) in [5, 5.41) is 0. The summed E-state index contributed by atoms with van der Waals surface area (Å²) in [6.07, 6.45) is 4.53. The van der Waals surface area contributed by atoms with Crippen molar-refractivity contribution in [3.05, 3.63) is 47.8 Å². The highest BCUT2D eigenvalue weighted by Crippen LogP contribution is 2.30. The molecule has 0 unspecified atom stereocenters. The van der Waals surface area contributed by atoms with Crippen LogP contribution in [0.2, 0.25) is 0 Å². The molecule has 25 heavy (non-hydrogen) atoms. The van der Waals surface area contributed by atoms with Gasteiger partial charge in [0.15, 0.2) is 0 Å². The number of aryl methyl sites for hydroxylation is 1. The molecule has 1 fully saturated rings. The third-order valence-electron chi connectivity index (χ3n) is 4.98. The van der Waals surface area contributed by atoms with Crippen molar-refractivity contribution in [2.24, 2.45) is 0 Å². The first kappa shape index (κ1) is 16.0. The molecule has 0 bridgehead atoms. The standard InChI is InChI=1S/C20H24N4O/c1-14-11-15(5-7-18(14)25-2)20-17(13-23-9-3-4-10-23)24-12-16(21)6-8-19(24)22-20/h5-8,11-12H,3-4,9-10,13,21H2,1-2H3. The highest BCUT2D eigenvalue weighted by Gasteiger charge is 2.20. The van der Waals surface area contributed by atoms with Crippen LogP contribution in [0.15, 0.2) is 36.5 Å². The van der Waals surface area contributed by atoms with Crippen molar-refractivity contribution in [1.29, 1.82) is 0 Å². The smallest absolute Gasteiger partial charge is 0.137 e. The molecule has 1 aromatic carbocycles. The van der Waals surface area contributed by atoms with Crippen molar-refractivity contribution in [1.82, 2.24) is 14.3 Å². The lowest BCUT2D eigenvalue weighted by molar-refractivity contribution is 0.327. The van der Waals surface area contributed by atoms with Crippen molar-refractivity contribution in [2.75, 3.05) is 25.9 Å². The fraction of sp³-hybridized carbons (Fsp3) is 0.350. The number of anilines is 1. The number of nitrogens with two attached hydrogens (primary N) is 1. The van der Waals surface area contributed by atoms with Crippen LogP contribution >= 0.6 is 0 Å². The number of hydrogen-bond donors (Lipinski definition) is 1. The van der Waals surface area contributed by atoms with Gasteiger partial charge in [-0.3, -0.25) is 4.90 Å². The maximum absolute atomic E-state index is 6.03. The number of pyridine rings is 1. The molecule has 3 aromatic rings. The van der Waals surface area contributed by atoms with Gasteiger partial charge in [-0.1, -0.05) is 0 Å². The Hall–Kier alpha value is -2.53. The minimum absolute atomic E-state index is 0.755. The van der Waals surface area contributed by atoms with Gasteiger partial charge in [0.2, 0.25) is 0 Å². The molecule has 0 atom stereocenters. The molecule has 0 saturated carbocycles. The minimum Gasteiger partial charge on any atom is -0.496 e. The van der Waals surface area contributed by atoms with Crippen molar-refractivity contribution >= 4 is 11.3 Å². The highest BCUT2D eigenvalue weighted by molar-refractivity contribution is 5.69. The Bertz CT molecular complexity index is 909. The predicted molar refractivity (Wildman–Crippen MR) is 101 cm³/mol. The molecule has 5 nitrogen and oxygen atoms in total. The van der Waals surface area contributed by atoms with E-state index in [1.54, 1.807) is 7.11 Å². The zero-order chi connectivity index (χ0) is 17.4. The molecule has 0 spiro atoms. The van der Waals surface area contributed by atoms with E-state index in [2.05, 4.69) is 28.4 Å². The van der Waals surface area contributed by atoms with Crippen LogP contribution in [0.25, 0.3) is 16.9 Å². The molecule has 1 aliphatic heterocycles. The summed E-state index contributed by atoms with van der Waals surface area (Å²) in [7, 11) is 1.70. The van der Waals surface area contributed by atoms with E-state index in [4.69, 9.17) is 15.5 Å². The summed E-state index contributed by atoms with van der Waals surface area (Å²) in [5.74, 6) is 0.901. The Morgan fingerprint density at radius 1 is 1.16 bits per heavy atom. The van der Waals surface area contributed by atoms with Gasteiger partial charge in [-0.2, -0.15) is 0 Å².